The topological polar surface area (TPSA) is 101 Å². The molecule has 0 aliphatic carbocycles. The number of halogens is 1. The van der Waals surface area contributed by atoms with Gasteiger partial charge in [0.25, 0.3) is 11.6 Å². The lowest BCUT2D eigenvalue weighted by Crippen LogP contribution is -3.00. The van der Waals surface area contributed by atoms with Gasteiger partial charge in [-0.05, 0) is 12.1 Å². The highest BCUT2D eigenvalue weighted by Crippen LogP contribution is 2.15. The molecule has 8 nitrogen and oxygen atoms in total. The number of likely N-dealkylation sites (N-methyl/N-ethyl adjacent to an activating group) is 1. The van der Waals surface area contributed by atoms with Crippen LogP contribution in [0.15, 0.2) is 24.3 Å². The minimum Gasteiger partial charge on any atom is -1.00 e. The van der Waals surface area contributed by atoms with Crippen molar-refractivity contribution in [2.75, 3.05) is 39.0 Å². The van der Waals surface area contributed by atoms with E-state index in [2.05, 4.69) is 10.6 Å². The number of hydrogen-bond acceptors (Lipinski definition) is 4. The van der Waals surface area contributed by atoms with E-state index in [4.69, 9.17) is 0 Å². The Morgan fingerprint density at radius 3 is 2.43 bits per heavy atom. The van der Waals surface area contributed by atoms with Crippen molar-refractivity contribution in [1.29, 1.82) is 0 Å². The van der Waals surface area contributed by atoms with Gasteiger partial charge in [-0.25, -0.2) is 0 Å². The highest BCUT2D eigenvalue weighted by atomic mass is 35.5. The molecule has 0 radical (unpaired) electrons. The summed E-state index contributed by atoms with van der Waals surface area (Å²) >= 11 is 0. The van der Waals surface area contributed by atoms with Crippen LogP contribution in [0.5, 0.6) is 0 Å². The molecule has 1 aromatic rings. The number of nitrogens with zero attached hydrogens (tertiary/aromatic N) is 2. The van der Waals surface area contributed by atoms with Crippen molar-refractivity contribution in [3.05, 3.63) is 34.4 Å². The fourth-order valence-electron chi connectivity index (χ4n) is 2.00. The van der Waals surface area contributed by atoms with Crippen molar-refractivity contribution < 1.29 is 31.4 Å². The molecule has 2 amide bonds. The van der Waals surface area contributed by atoms with E-state index in [-0.39, 0.29) is 30.5 Å². The van der Waals surface area contributed by atoms with Gasteiger partial charge in [0, 0.05) is 30.8 Å². The Balaban J connectivity index is 0.00000484. The normalized spacial score (nSPS) is 10.3. The van der Waals surface area contributed by atoms with Crippen molar-refractivity contribution in [2.45, 2.75) is 6.42 Å². The standard InChI is InChI=1S/C14H20N4O4.ClH/c1-18(2,9-3-8-15-11-19)10-14(20)16-12-4-6-13(7-5-12)17(21)22;/h4-7,11H,3,8-10H2,1-2H3,(H-,15,16,19,20);1H. The van der Waals surface area contributed by atoms with Crippen LogP contribution in [0.1, 0.15) is 6.42 Å². The van der Waals surface area contributed by atoms with Gasteiger partial charge in [0.2, 0.25) is 6.41 Å². The second kappa shape index (κ2) is 9.75. The molecule has 2 N–H and O–H groups in total. The van der Waals surface area contributed by atoms with Crippen LogP contribution in [0.4, 0.5) is 11.4 Å². The molecule has 0 saturated carbocycles. The summed E-state index contributed by atoms with van der Waals surface area (Å²) < 4.78 is 0.485. The number of non-ortho nitro benzene ring substituents is 1. The van der Waals surface area contributed by atoms with Gasteiger partial charge in [-0.2, -0.15) is 0 Å². The molecule has 0 spiro atoms. The van der Waals surface area contributed by atoms with Crippen molar-refractivity contribution >= 4 is 23.7 Å². The van der Waals surface area contributed by atoms with E-state index in [9.17, 15) is 19.7 Å². The van der Waals surface area contributed by atoms with Crippen molar-refractivity contribution in [3.63, 3.8) is 0 Å². The Morgan fingerprint density at radius 1 is 1.30 bits per heavy atom. The lowest BCUT2D eigenvalue weighted by atomic mass is 10.2. The Bertz CT molecular complexity index is 534. The summed E-state index contributed by atoms with van der Waals surface area (Å²) in [6, 6.07) is 5.70. The lowest BCUT2D eigenvalue weighted by molar-refractivity contribution is -0.882. The monoisotopic (exact) mass is 344 g/mol. The first-order chi connectivity index (χ1) is 10.3. The van der Waals surface area contributed by atoms with Gasteiger partial charge in [0.05, 0.1) is 25.6 Å². The largest absolute Gasteiger partial charge is 1.00 e. The van der Waals surface area contributed by atoms with Gasteiger partial charge in [-0.15, -0.1) is 0 Å². The van der Waals surface area contributed by atoms with Crippen LogP contribution in [0.3, 0.4) is 0 Å². The molecule has 128 valence electrons. The molecular weight excluding hydrogens is 324 g/mol. The molecule has 0 bridgehead atoms. The molecule has 0 saturated heterocycles. The predicted molar refractivity (Wildman–Crippen MR) is 82.3 cm³/mol. The van der Waals surface area contributed by atoms with Crippen LogP contribution in [-0.4, -0.2) is 55.5 Å². The summed E-state index contributed by atoms with van der Waals surface area (Å²) in [4.78, 5) is 32.2. The molecule has 0 aliphatic heterocycles. The Morgan fingerprint density at radius 2 is 1.91 bits per heavy atom. The first-order valence-electron chi connectivity index (χ1n) is 6.87. The second-order valence-electron chi connectivity index (χ2n) is 5.60. The first-order valence-corrected chi connectivity index (χ1v) is 6.87. The molecule has 1 aromatic carbocycles. The zero-order valence-corrected chi connectivity index (χ0v) is 13.9. The number of nitrogens with one attached hydrogen (secondary N) is 2. The number of hydrogen-bond donors (Lipinski definition) is 2. The third kappa shape index (κ3) is 8.12. The maximum atomic E-state index is 12.0. The maximum Gasteiger partial charge on any atom is 0.279 e. The lowest BCUT2D eigenvalue weighted by Gasteiger charge is -2.29. The average molecular weight is 345 g/mol. The number of nitro benzene ring substituents is 1. The Hall–Kier alpha value is -2.19. The zero-order valence-electron chi connectivity index (χ0n) is 13.1. The molecule has 0 fully saturated rings. The van der Waals surface area contributed by atoms with Crippen LogP contribution in [0.25, 0.3) is 0 Å². The van der Waals surface area contributed by atoms with E-state index in [1.807, 2.05) is 14.1 Å². The number of quaternary nitrogens is 1. The van der Waals surface area contributed by atoms with Crippen molar-refractivity contribution in [2.24, 2.45) is 0 Å². The SMILES string of the molecule is C[N+](C)(CCCNC=O)CC(=O)Nc1ccc([N+](=O)[O-])cc1.[Cl-]. The molecular formula is C14H21ClN4O4. The Labute approximate surface area is 141 Å². The van der Waals surface area contributed by atoms with E-state index in [0.29, 0.717) is 23.1 Å². The fourth-order valence-corrected chi connectivity index (χ4v) is 2.00. The summed E-state index contributed by atoms with van der Waals surface area (Å²) in [6.45, 7) is 1.60. The number of amides is 2. The summed E-state index contributed by atoms with van der Waals surface area (Å²) in [5.41, 5.74) is 0.509. The third-order valence-electron chi connectivity index (χ3n) is 3.10. The van der Waals surface area contributed by atoms with Gasteiger partial charge < -0.3 is 27.5 Å². The second-order valence-corrected chi connectivity index (χ2v) is 5.60. The molecule has 0 heterocycles. The van der Waals surface area contributed by atoms with E-state index in [0.717, 1.165) is 13.0 Å². The van der Waals surface area contributed by atoms with Crippen molar-refractivity contribution in [3.8, 4) is 0 Å². The van der Waals surface area contributed by atoms with E-state index in [1.54, 1.807) is 0 Å². The van der Waals surface area contributed by atoms with E-state index in [1.165, 1.54) is 24.3 Å². The van der Waals surface area contributed by atoms with Gasteiger partial charge in [0.1, 0.15) is 0 Å². The summed E-state index contributed by atoms with van der Waals surface area (Å²) in [5, 5.41) is 15.9. The smallest absolute Gasteiger partial charge is 0.279 e. The van der Waals surface area contributed by atoms with Crippen LogP contribution < -0.4 is 23.0 Å². The predicted octanol–water partition coefficient (Wildman–Crippen LogP) is -2.25. The maximum absolute atomic E-state index is 12.0. The highest BCUT2D eigenvalue weighted by Gasteiger charge is 2.19. The number of carbonyl (C=O) groups excluding carboxylic acids is 2. The minimum atomic E-state index is -0.487. The van der Waals surface area contributed by atoms with Gasteiger partial charge in [-0.3, -0.25) is 19.7 Å². The number of anilines is 1. The number of nitro groups is 1. The summed E-state index contributed by atoms with van der Waals surface area (Å²) in [5.74, 6) is -0.165. The molecule has 0 unspecified atom stereocenters. The Kier molecular flexibility index (Phi) is 8.82. The fraction of sp³-hybridized carbons (Fsp3) is 0.429. The number of carbonyl (C=O) groups is 2. The molecule has 23 heavy (non-hydrogen) atoms. The number of rotatable bonds is 9. The van der Waals surface area contributed by atoms with Gasteiger partial charge >= 0.3 is 0 Å². The van der Waals surface area contributed by atoms with Crippen LogP contribution in [0, 0.1) is 10.1 Å². The molecule has 9 heteroatoms. The molecule has 0 aromatic heterocycles. The zero-order chi connectivity index (χ0) is 16.6. The molecule has 0 aliphatic rings. The van der Waals surface area contributed by atoms with Crippen LogP contribution in [-0.2, 0) is 9.59 Å². The van der Waals surface area contributed by atoms with E-state index >= 15 is 0 Å². The van der Waals surface area contributed by atoms with Crippen LogP contribution in [0.2, 0.25) is 0 Å². The average Bonchev–Trinajstić information content (AvgIpc) is 2.43. The van der Waals surface area contributed by atoms with Crippen molar-refractivity contribution in [1.82, 2.24) is 5.32 Å². The molecule has 0 atom stereocenters. The first kappa shape index (κ1) is 20.8. The minimum absolute atomic E-state index is 0. The van der Waals surface area contributed by atoms with Crippen LogP contribution >= 0.6 is 0 Å². The van der Waals surface area contributed by atoms with E-state index < -0.39 is 4.92 Å². The van der Waals surface area contributed by atoms with Gasteiger partial charge in [-0.1, -0.05) is 0 Å². The summed E-state index contributed by atoms with van der Waals surface area (Å²) in [7, 11) is 3.85. The number of benzene rings is 1. The highest BCUT2D eigenvalue weighted by molar-refractivity contribution is 5.91. The van der Waals surface area contributed by atoms with Gasteiger partial charge in [0.15, 0.2) is 6.54 Å². The third-order valence-corrected chi connectivity index (χ3v) is 3.10. The quantitative estimate of drug-likeness (QED) is 0.174. The molecule has 1 rings (SSSR count). The summed E-state index contributed by atoms with van der Waals surface area (Å²) in [6.07, 6.45) is 1.43.